The van der Waals surface area contributed by atoms with Crippen molar-refractivity contribution >= 4 is 27.8 Å². The molecule has 0 spiro atoms. The first-order valence-corrected chi connectivity index (χ1v) is 13.3. The molecule has 4 rings (SSSR count). The van der Waals surface area contributed by atoms with Crippen molar-refractivity contribution in [1.82, 2.24) is 9.88 Å². The molecule has 0 N–H and O–H groups in total. The second-order valence-electron chi connectivity index (χ2n) is 9.73. The van der Waals surface area contributed by atoms with Gasteiger partial charge in [-0.2, -0.15) is 26.3 Å². The van der Waals surface area contributed by atoms with E-state index in [2.05, 4.69) is 25.8 Å². The average Bonchev–Trinajstić information content (AvgIpc) is 3.13. The second-order valence-corrected chi connectivity index (χ2v) is 10.6. The van der Waals surface area contributed by atoms with Gasteiger partial charge in [-0.25, -0.2) is 9.78 Å². The highest BCUT2D eigenvalue weighted by Crippen LogP contribution is 2.41. The van der Waals surface area contributed by atoms with Crippen LogP contribution >= 0.6 is 15.9 Å². The largest absolute Gasteiger partial charge is 0.439 e. The molecule has 2 fully saturated rings. The summed E-state index contributed by atoms with van der Waals surface area (Å²) in [5.41, 5.74) is -2.56. The molecule has 2 aliphatic rings. The zero-order valence-corrected chi connectivity index (χ0v) is 22.5. The van der Waals surface area contributed by atoms with E-state index in [0.29, 0.717) is 40.6 Å². The van der Waals surface area contributed by atoms with Crippen LogP contribution in [0.15, 0.2) is 34.9 Å². The van der Waals surface area contributed by atoms with E-state index in [4.69, 9.17) is 4.74 Å². The molecule has 2 heterocycles. The number of carbonyl (C=O) groups is 1. The topological polar surface area (TPSA) is 45.7 Å². The molecule has 1 aromatic carbocycles. The number of amides is 1. The Labute approximate surface area is 225 Å². The molecule has 5 nitrogen and oxygen atoms in total. The fourth-order valence-corrected chi connectivity index (χ4v) is 5.69. The van der Waals surface area contributed by atoms with Gasteiger partial charge in [0.15, 0.2) is 0 Å². The third kappa shape index (κ3) is 6.05. The number of aromatic nitrogens is 1. The summed E-state index contributed by atoms with van der Waals surface area (Å²) in [6, 6.07) is 2.58. The third-order valence-electron chi connectivity index (χ3n) is 7.21. The molecule has 38 heavy (non-hydrogen) atoms. The number of hydrogen-bond acceptors (Lipinski definition) is 4. The van der Waals surface area contributed by atoms with Gasteiger partial charge < -0.3 is 9.64 Å². The van der Waals surface area contributed by atoms with E-state index in [0.717, 1.165) is 25.7 Å². The number of alkyl halides is 6. The number of ether oxygens (including phenoxy) is 1. The summed E-state index contributed by atoms with van der Waals surface area (Å²) in [4.78, 5) is 21.0. The van der Waals surface area contributed by atoms with Gasteiger partial charge >= 0.3 is 18.4 Å². The minimum absolute atomic E-state index is 0.0343. The van der Waals surface area contributed by atoms with Gasteiger partial charge in [0.25, 0.3) is 0 Å². The molecular weight excluding hydrogens is 580 g/mol. The molecule has 1 saturated carbocycles. The molecule has 1 aliphatic carbocycles. The number of carbonyl (C=O) groups excluding carboxylic acids is 1. The zero-order chi connectivity index (χ0) is 27.8. The summed E-state index contributed by atoms with van der Waals surface area (Å²) in [5, 5.41) is 0. The normalized spacial score (nSPS) is 21.1. The number of hydrogen-bond donors (Lipinski definition) is 0. The van der Waals surface area contributed by atoms with Crippen LogP contribution in [-0.2, 0) is 23.6 Å². The highest BCUT2D eigenvalue weighted by Gasteiger charge is 2.43. The lowest BCUT2D eigenvalue weighted by Crippen LogP contribution is -2.39. The summed E-state index contributed by atoms with van der Waals surface area (Å²) in [7, 11) is 0. The molecule has 0 bridgehead atoms. The summed E-state index contributed by atoms with van der Waals surface area (Å²) < 4.78 is 86.5. The van der Waals surface area contributed by atoms with Gasteiger partial charge in [0.2, 0.25) is 0 Å². The van der Waals surface area contributed by atoms with Crippen molar-refractivity contribution in [3.63, 3.8) is 0 Å². The van der Waals surface area contributed by atoms with Crippen molar-refractivity contribution in [3.05, 3.63) is 57.2 Å². The van der Waals surface area contributed by atoms with Crippen molar-refractivity contribution in [2.24, 2.45) is 0 Å². The molecule has 2 atom stereocenters. The number of benzene rings is 1. The first-order chi connectivity index (χ1) is 17.8. The van der Waals surface area contributed by atoms with Crippen LogP contribution in [0.2, 0.25) is 0 Å². The van der Waals surface area contributed by atoms with Gasteiger partial charge in [0, 0.05) is 28.8 Å². The van der Waals surface area contributed by atoms with Crippen LogP contribution in [0.5, 0.6) is 0 Å². The van der Waals surface area contributed by atoms with Gasteiger partial charge in [0.1, 0.15) is 11.9 Å². The van der Waals surface area contributed by atoms with Gasteiger partial charge in [0.05, 0.1) is 23.7 Å². The number of pyridine rings is 1. The predicted octanol–water partition coefficient (Wildman–Crippen LogP) is 8.12. The highest BCUT2D eigenvalue weighted by atomic mass is 79.9. The lowest BCUT2D eigenvalue weighted by Gasteiger charge is -2.36. The maximum absolute atomic E-state index is 13.4. The summed E-state index contributed by atoms with van der Waals surface area (Å²) in [5.74, 6) is 0.699. The lowest BCUT2D eigenvalue weighted by molar-refractivity contribution is -0.143. The number of cyclic esters (lactones) is 1. The Hall–Kier alpha value is -2.50. The number of nitrogens with zero attached hydrogens (tertiary/aromatic N) is 3. The van der Waals surface area contributed by atoms with Crippen LogP contribution in [-0.4, -0.2) is 34.6 Å². The molecule has 1 aliphatic heterocycles. The summed E-state index contributed by atoms with van der Waals surface area (Å²) in [6.45, 7) is 4.30. The zero-order valence-electron chi connectivity index (χ0n) is 20.9. The van der Waals surface area contributed by atoms with Gasteiger partial charge in [-0.15, -0.1) is 0 Å². The lowest BCUT2D eigenvalue weighted by atomic mass is 9.94. The maximum Gasteiger partial charge on any atom is 0.416 e. The first kappa shape index (κ1) is 28.5. The van der Waals surface area contributed by atoms with Gasteiger partial charge in [-0.05, 0) is 72.4 Å². The van der Waals surface area contributed by atoms with E-state index in [1.54, 1.807) is 13.1 Å². The molecule has 1 aromatic heterocycles. The Morgan fingerprint density at radius 2 is 1.63 bits per heavy atom. The minimum atomic E-state index is -5.00. The van der Waals surface area contributed by atoms with Crippen molar-refractivity contribution in [1.29, 1.82) is 0 Å². The van der Waals surface area contributed by atoms with Crippen LogP contribution in [0.3, 0.4) is 0 Å². The van der Waals surface area contributed by atoms with Crippen LogP contribution in [0, 0.1) is 0 Å². The molecule has 12 heteroatoms. The standard InChI is InChI=1S/C26H28BrF6N3O2/c1-3-35(21-7-5-4-6-8-21)23-17(11-20(27)13-34-23)14-36-15(2)22(38-24(36)37)16-9-18(25(28,29)30)12-19(10-16)26(31,32)33/h9-13,15,21-22H,3-8,14H2,1-2H3. The predicted molar refractivity (Wildman–Crippen MR) is 133 cm³/mol. The Kier molecular flexibility index (Phi) is 8.20. The minimum Gasteiger partial charge on any atom is -0.439 e. The Bertz CT molecular complexity index is 1130. The van der Waals surface area contributed by atoms with E-state index in [1.807, 2.05) is 13.0 Å². The van der Waals surface area contributed by atoms with E-state index in [9.17, 15) is 31.1 Å². The Morgan fingerprint density at radius 3 is 2.18 bits per heavy atom. The second kappa shape index (κ2) is 10.9. The van der Waals surface area contributed by atoms with Gasteiger partial charge in [-0.3, -0.25) is 4.90 Å². The number of halogens is 7. The van der Waals surface area contributed by atoms with Crippen molar-refractivity contribution in [2.75, 3.05) is 11.4 Å². The molecule has 2 aromatic rings. The van der Waals surface area contributed by atoms with E-state index >= 15 is 0 Å². The summed E-state index contributed by atoms with van der Waals surface area (Å²) in [6.07, 6.45) is -5.02. The maximum atomic E-state index is 13.4. The molecular formula is C26H28BrF6N3O2. The quantitative estimate of drug-likeness (QED) is 0.311. The Balaban J connectivity index is 1.65. The smallest absolute Gasteiger partial charge is 0.416 e. The van der Waals surface area contributed by atoms with Crippen molar-refractivity contribution in [3.8, 4) is 0 Å². The van der Waals surface area contributed by atoms with Gasteiger partial charge in [-0.1, -0.05) is 19.3 Å². The molecule has 2 unspecified atom stereocenters. The number of rotatable bonds is 6. The molecule has 1 saturated heterocycles. The number of anilines is 1. The fourth-order valence-electron chi connectivity index (χ4n) is 5.31. The van der Waals surface area contributed by atoms with E-state index in [-0.39, 0.29) is 18.2 Å². The fraction of sp³-hybridized carbons (Fsp3) is 0.538. The average molecular weight is 608 g/mol. The van der Waals surface area contributed by atoms with E-state index in [1.165, 1.54) is 11.3 Å². The third-order valence-corrected chi connectivity index (χ3v) is 7.64. The van der Waals surface area contributed by atoms with Crippen LogP contribution < -0.4 is 4.90 Å². The molecule has 0 radical (unpaired) electrons. The van der Waals surface area contributed by atoms with Crippen molar-refractivity contribution in [2.45, 2.75) is 83.0 Å². The summed E-state index contributed by atoms with van der Waals surface area (Å²) >= 11 is 3.42. The van der Waals surface area contributed by atoms with Crippen LogP contribution in [0.25, 0.3) is 0 Å². The SMILES string of the molecule is CCN(c1ncc(Br)cc1CN1C(=O)OC(c2cc(C(F)(F)F)cc(C(F)(F)F)c2)C1C)C1CCCCC1. The van der Waals surface area contributed by atoms with Crippen LogP contribution in [0.4, 0.5) is 37.0 Å². The van der Waals surface area contributed by atoms with E-state index < -0.39 is 41.7 Å². The Morgan fingerprint density at radius 1 is 1.03 bits per heavy atom. The molecule has 208 valence electrons. The highest BCUT2D eigenvalue weighted by molar-refractivity contribution is 9.10. The van der Waals surface area contributed by atoms with Crippen LogP contribution in [0.1, 0.15) is 74.3 Å². The monoisotopic (exact) mass is 607 g/mol. The first-order valence-electron chi connectivity index (χ1n) is 12.5. The van der Waals surface area contributed by atoms with Crippen molar-refractivity contribution < 1.29 is 35.9 Å². The molecule has 1 amide bonds.